The quantitative estimate of drug-likeness (QED) is 0.626. The van der Waals surface area contributed by atoms with Crippen molar-refractivity contribution in [3.05, 3.63) is 0 Å². The van der Waals surface area contributed by atoms with Gasteiger partial charge in [-0.05, 0) is 27.2 Å². The second-order valence-corrected chi connectivity index (χ2v) is 5.82. The highest BCUT2D eigenvalue weighted by atomic mass is 28.4. The third-order valence-corrected chi connectivity index (χ3v) is 5.08. The fraction of sp³-hybridized carbons (Fsp3) is 1.00. The van der Waals surface area contributed by atoms with Crippen molar-refractivity contribution < 1.29 is 13.3 Å². The minimum absolute atomic E-state index is 0. The van der Waals surface area contributed by atoms with Crippen molar-refractivity contribution in [1.29, 1.82) is 0 Å². The van der Waals surface area contributed by atoms with E-state index in [1.807, 2.05) is 20.8 Å². The van der Waals surface area contributed by atoms with Gasteiger partial charge in [0.15, 0.2) is 0 Å². The van der Waals surface area contributed by atoms with Gasteiger partial charge in [-0.15, -0.1) is 0 Å². The third kappa shape index (κ3) is 7.02. The van der Waals surface area contributed by atoms with E-state index in [1.54, 1.807) is 0 Å². The normalized spacial score (nSPS) is 11.2. The van der Waals surface area contributed by atoms with Crippen molar-refractivity contribution in [3.63, 3.8) is 0 Å². The highest BCUT2D eigenvalue weighted by Gasteiger charge is 2.39. The number of unbranched alkanes of at least 4 members (excludes halogenated alkanes) is 1. The lowest BCUT2D eigenvalue weighted by Crippen LogP contribution is -2.45. The Balaban J connectivity index is 0. The molecule has 0 aliphatic heterocycles. The van der Waals surface area contributed by atoms with Crippen molar-refractivity contribution in [3.8, 4) is 0 Å². The predicted molar refractivity (Wildman–Crippen MR) is 65.4 cm³/mol. The molecule has 0 spiro atoms. The minimum Gasteiger partial charge on any atom is -0.374 e. The van der Waals surface area contributed by atoms with Gasteiger partial charge in [-0.2, -0.15) is 0 Å². The summed E-state index contributed by atoms with van der Waals surface area (Å²) in [5.41, 5.74) is 0. The summed E-state index contributed by atoms with van der Waals surface area (Å²) >= 11 is 0. The maximum atomic E-state index is 5.71. The standard InChI is InChI=1S/C10H24O3Si.H3N/c1-5-9-10-14(11-6-2,12-7-3)13-8-4;/h5-10H2,1-4H3;1H3. The second kappa shape index (κ2) is 10.6. The molecule has 0 heterocycles. The van der Waals surface area contributed by atoms with Crippen LogP contribution in [-0.4, -0.2) is 28.6 Å². The summed E-state index contributed by atoms with van der Waals surface area (Å²) in [7, 11) is -2.32. The zero-order valence-corrected chi connectivity index (χ0v) is 11.7. The number of hydrogen-bond acceptors (Lipinski definition) is 4. The Kier molecular flexibility index (Phi) is 12.3. The molecule has 0 aliphatic carbocycles. The van der Waals surface area contributed by atoms with Gasteiger partial charge in [0.2, 0.25) is 0 Å². The van der Waals surface area contributed by atoms with Crippen LogP contribution in [0, 0.1) is 0 Å². The van der Waals surface area contributed by atoms with Crippen LogP contribution in [0.4, 0.5) is 0 Å². The van der Waals surface area contributed by atoms with Gasteiger partial charge in [0.1, 0.15) is 0 Å². The molecule has 0 rings (SSSR count). The van der Waals surface area contributed by atoms with Crippen molar-refractivity contribution >= 4 is 8.80 Å². The van der Waals surface area contributed by atoms with Crippen LogP contribution in [0.3, 0.4) is 0 Å². The lowest BCUT2D eigenvalue weighted by Gasteiger charge is -2.28. The molecule has 4 nitrogen and oxygen atoms in total. The van der Waals surface area contributed by atoms with E-state index in [9.17, 15) is 0 Å². The van der Waals surface area contributed by atoms with Gasteiger partial charge in [0.25, 0.3) is 0 Å². The van der Waals surface area contributed by atoms with Crippen LogP contribution in [0.1, 0.15) is 40.5 Å². The number of hydrogen-bond donors (Lipinski definition) is 1. The molecule has 0 bridgehead atoms. The first kappa shape index (κ1) is 17.5. The van der Waals surface area contributed by atoms with E-state index in [4.69, 9.17) is 13.3 Å². The van der Waals surface area contributed by atoms with Crippen LogP contribution >= 0.6 is 0 Å². The van der Waals surface area contributed by atoms with Gasteiger partial charge in [0, 0.05) is 25.9 Å². The monoisotopic (exact) mass is 237 g/mol. The lowest BCUT2D eigenvalue weighted by molar-refractivity contribution is 0.0708. The summed E-state index contributed by atoms with van der Waals surface area (Å²) in [6.45, 7) is 10.2. The molecule has 0 aromatic heterocycles. The van der Waals surface area contributed by atoms with E-state index >= 15 is 0 Å². The first-order chi connectivity index (χ1) is 6.74. The average molecular weight is 237 g/mol. The molecule has 0 aliphatic rings. The number of rotatable bonds is 9. The predicted octanol–water partition coefficient (Wildman–Crippen LogP) is 3.00. The van der Waals surface area contributed by atoms with Crippen molar-refractivity contribution in [2.45, 2.75) is 46.6 Å². The van der Waals surface area contributed by atoms with Gasteiger partial charge >= 0.3 is 8.80 Å². The Morgan fingerprint density at radius 3 is 1.47 bits per heavy atom. The van der Waals surface area contributed by atoms with E-state index in [0.29, 0.717) is 19.8 Å². The molecule has 5 heteroatoms. The third-order valence-electron chi connectivity index (χ3n) is 1.93. The molecule has 0 aromatic carbocycles. The Labute approximate surface area is 95.3 Å². The first-order valence-corrected chi connectivity index (χ1v) is 7.59. The van der Waals surface area contributed by atoms with Crippen LogP contribution in [0.25, 0.3) is 0 Å². The summed E-state index contributed by atoms with van der Waals surface area (Å²) in [5.74, 6) is 0. The molecule has 0 amide bonds. The van der Waals surface area contributed by atoms with Crippen LogP contribution in [0.15, 0.2) is 0 Å². The fourth-order valence-corrected chi connectivity index (χ4v) is 4.18. The van der Waals surface area contributed by atoms with Crippen molar-refractivity contribution in [2.75, 3.05) is 19.8 Å². The summed E-state index contributed by atoms with van der Waals surface area (Å²) in [4.78, 5) is 0. The molecule has 94 valence electrons. The topological polar surface area (TPSA) is 62.7 Å². The summed E-state index contributed by atoms with van der Waals surface area (Å²) in [5, 5.41) is 0. The van der Waals surface area contributed by atoms with Crippen LogP contribution in [0.5, 0.6) is 0 Å². The van der Waals surface area contributed by atoms with Gasteiger partial charge in [-0.1, -0.05) is 13.3 Å². The Bertz CT molecular complexity index is 119. The van der Waals surface area contributed by atoms with Gasteiger partial charge in [0.05, 0.1) is 0 Å². The Morgan fingerprint density at radius 2 is 1.20 bits per heavy atom. The molecule has 0 radical (unpaired) electrons. The Morgan fingerprint density at radius 1 is 0.800 bits per heavy atom. The maximum Gasteiger partial charge on any atom is 0.500 e. The van der Waals surface area contributed by atoms with E-state index < -0.39 is 8.80 Å². The summed E-state index contributed by atoms with van der Waals surface area (Å²) in [6, 6.07) is 0.943. The molecule has 15 heavy (non-hydrogen) atoms. The summed E-state index contributed by atoms with van der Waals surface area (Å²) < 4.78 is 17.1. The maximum absolute atomic E-state index is 5.71. The molecular weight excluding hydrogens is 210 g/mol. The molecule has 0 aromatic rings. The molecule has 0 saturated heterocycles. The summed E-state index contributed by atoms with van der Waals surface area (Å²) in [6.07, 6.45) is 2.27. The van der Waals surface area contributed by atoms with Gasteiger partial charge in [-0.3, -0.25) is 0 Å². The molecule has 0 atom stereocenters. The minimum atomic E-state index is -2.32. The Hall–Kier alpha value is 0.0569. The highest BCUT2D eigenvalue weighted by molar-refractivity contribution is 6.60. The molecule has 0 saturated carbocycles. The van der Waals surface area contributed by atoms with Crippen LogP contribution in [0.2, 0.25) is 6.04 Å². The van der Waals surface area contributed by atoms with Gasteiger partial charge in [-0.25, -0.2) is 0 Å². The van der Waals surface area contributed by atoms with Crippen LogP contribution < -0.4 is 6.15 Å². The SMILES string of the molecule is CCCC[Si](OCC)(OCC)OCC.N. The van der Waals surface area contributed by atoms with E-state index in [-0.39, 0.29) is 6.15 Å². The molecule has 0 fully saturated rings. The van der Waals surface area contributed by atoms with E-state index in [0.717, 1.165) is 18.9 Å². The largest absolute Gasteiger partial charge is 0.500 e. The van der Waals surface area contributed by atoms with Gasteiger partial charge < -0.3 is 19.4 Å². The first-order valence-electron chi connectivity index (χ1n) is 5.66. The molecule has 3 N–H and O–H groups in total. The second-order valence-electron chi connectivity index (χ2n) is 3.09. The zero-order chi connectivity index (χ0) is 10.9. The van der Waals surface area contributed by atoms with E-state index in [1.165, 1.54) is 0 Å². The highest BCUT2D eigenvalue weighted by Crippen LogP contribution is 2.18. The lowest BCUT2D eigenvalue weighted by atomic mass is 10.4. The fourth-order valence-electron chi connectivity index (χ4n) is 1.39. The molecule has 0 unspecified atom stereocenters. The smallest absolute Gasteiger partial charge is 0.374 e. The van der Waals surface area contributed by atoms with E-state index in [2.05, 4.69) is 6.92 Å². The van der Waals surface area contributed by atoms with Crippen molar-refractivity contribution in [1.82, 2.24) is 6.15 Å². The zero-order valence-electron chi connectivity index (χ0n) is 10.7. The van der Waals surface area contributed by atoms with Crippen LogP contribution in [-0.2, 0) is 13.3 Å². The average Bonchev–Trinajstić information content (AvgIpc) is 2.16. The molecular formula is C10H27NO3Si. The van der Waals surface area contributed by atoms with Crippen molar-refractivity contribution in [2.24, 2.45) is 0 Å².